The quantitative estimate of drug-likeness (QED) is 0.762. The summed E-state index contributed by atoms with van der Waals surface area (Å²) in [7, 11) is 0. The molecular formula is C12H8Cl2O3S. The first-order valence-electron chi connectivity index (χ1n) is 4.95. The van der Waals surface area contributed by atoms with Crippen molar-refractivity contribution in [3.63, 3.8) is 0 Å². The second-order valence-electron chi connectivity index (χ2n) is 3.29. The molecule has 1 aromatic carbocycles. The predicted octanol–water partition coefficient (Wildman–Crippen LogP) is 4.52. The van der Waals surface area contributed by atoms with Crippen LogP contribution in [0.2, 0.25) is 10.0 Å². The number of halogens is 2. The van der Waals surface area contributed by atoms with Crippen molar-refractivity contribution in [2.45, 2.75) is 6.61 Å². The Morgan fingerprint density at radius 3 is 2.83 bits per heavy atom. The molecule has 0 aliphatic carbocycles. The number of hydrogen-bond donors (Lipinski definition) is 0. The summed E-state index contributed by atoms with van der Waals surface area (Å²) >= 11 is 13.3. The zero-order valence-electron chi connectivity index (χ0n) is 9.06. The Morgan fingerprint density at radius 2 is 2.06 bits per heavy atom. The van der Waals surface area contributed by atoms with Crippen LogP contribution in [0.1, 0.15) is 4.88 Å². The van der Waals surface area contributed by atoms with E-state index in [1.54, 1.807) is 24.3 Å². The van der Waals surface area contributed by atoms with Crippen molar-refractivity contribution >= 4 is 41.0 Å². The van der Waals surface area contributed by atoms with Crippen LogP contribution >= 0.6 is 34.5 Å². The molecule has 0 amide bonds. The van der Waals surface area contributed by atoms with E-state index in [0.717, 1.165) is 4.88 Å². The van der Waals surface area contributed by atoms with Gasteiger partial charge in [-0.3, -0.25) is 4.79 Å². The Bertz CT molecular complexity index is 554. The third-order valence-electron chi connectivity index (χ3n) is 2.10. The summed E-state index contributed by atoms with van der Waals surface area (Å²) in [6.45, 7) is 0.574. The first-order valence-corrected chi connectivity index (χ1v) is 6.59. The van der Waals surface area contributed by atoms with Crippen molar-refractivity contribution in [2.24, 2.45) is 0 Å². The van der Waals surface area contributed by atoms with Crippen molar-refractivity contribution in [1.82, 2.24) is 0 Å². The fraction of sp³-hybridized carbons (Fsp3) is 0.0833. The van der Waals surface area contributed by atoms with Crippen molar-refractivity contribution < 1.29 is 14.3 Å². The minimum absolute atomic E-state index is 0.175. The van der Waals surface area contributed by atoms with Gasteiger partial charge in [0.2, 0.25) is 0 Å². The van der Waals surface area contributed by atoms with Gasteiger partial charge in [0.25, 0.3) is 6.47 Å². The lowest BCUT2D eigenvalue weighted by Crippen LogP contribution is -1.91. The molecule has 0 N–H and O–H groups in total. The van der Waals surface area contributed by atoms with Gasteiger partial charge in [0, 0.05) is 11.1 Å². The third-order valence-corrected chi connectivity index (χ3v) is 3.52. The summed E-state index contributed by atoms with van der Waals surface area (Å²) in [4.78, 5) is 11.0. The highest BCUT2D eigenvalue weighted by atomic mass is 35.5. The van der Waals surface area contributed by atoms with Gasteiger partial charge >= 0.3 is 0 Å². The van der Waals surface area contributed by atoms with Crippen LogP contribution in [0.15, 0.2) is 29.6 Å². The topological polar surface area (TPSA) is 35.5 Å². The lowest BCUT2D eigenvalue weighted by Gasteiger charge is -2.08. The van der Waals surface area contributed by atoms with E-state index in [1.165, 1.54) is 11.3 Å². The summed E-state index contributed by atoms with van der Waals surface area (Å²) in [5.41, 5.74) is 0. The molecule has 2 aromatic rings. The van der Waals surface area contributed by atoms with Crippen LogP contribution in [-0.4, -0.2) is 6.47 Å². The van der Waals surface area contributed by atoms with Gasteiger partial charge in [0.1, 0.15) is 18.1 Å². The van der Waals surface area contributed by atoms with Gasteiger partial charge in [0.05, 0.1) is 9.90 Å². The fourth-order valence-electron chi connectivity index (χ4n) is 1.31. The normalized spacial score (nSPS) is 10.1. The van der Waals surface area contributed by atoms with E-state index in [1.807, 2.05) is 5.38 Å². The van der Waals surface area contributed by atoms with Crippen molar-refractivity contribution in [1.29, 1.82) is 0 Å². The number of carbonyl (C=O) groups excluding carboxylic acids is 1. The van der Waals surface area contributed by atoms with E-state index >= 15 is 0 Å². The maximum absolute atomic E-state index is 10.2. The van der Waals surface area contributed by atoms with Crippen molar-refractivity contribution in [3.05, 3.63) is 44.6 Å². The number of thiophene rings is 1. The predicted molar refractivity (Wildman–Crippen MR) is 71.7 cm³/mol. The average molecular weight is 303 g/mol. The number of carbonyl (C=O) groups is 1. The molecule has 0 atom stereocenters. The highest BCUT2D eigenvalue weighted by molar-refractivity contribution is 7.10. The molecule has 0 aliphatic rings. The average Bonchev–Trinajstić information content (AvgIpc) is 2.79. The van der Waals surface area contributed by atoms with E-state index in [-0.39, 0.29) is 6.61 Å². The van der Waals surface area contributed by atoms with Crippen LogP contribution in [0.4, 0.5) is 0 Å². The Kier molecular flexibility index (Phi) is 4.47. The minimum atomic E-state index is 0.175. The number of ether oxygens (including phenoxy) is 2. The molecule has 0 saturated heterocycles. The molecule has 1 aromatic heterocycles. The molecular weight excluding hydrogens is 295 g/mol. The molecule has 3 nitrogen and oxygen atoms in total. The van der Waals surface area contributed by atoms with Gasteiger partial charge in [-0.05, 0) is 23.6 Å². The molecule has 0 spiro atoms. The monoisotopic (exact) mass is 302 g/mol. The second-order valence-corrected chi connectivity index (χ2v) is 5.14. The van der Waals surface area contributed by atoms with E-state index in [9.17, 15) is 4.79 Å². The van der Waals surface area contributed by atoms with Crippen LogP contribution in [0.25, 0.3) is 0 Å². The van der Waals surface area contributed by atoms with Gasteiger partial charge in [-0.1, -0.05) is 23.2 Å². The minimum Gasteiger partial charge on any atom is -0.462 e. The van der Waals surface area contributed by atoms with Crippen LogP contribution in [0.3, 0.4) is 0 Å². The van der Waals surface area contributed by atoms with Crippen LogP contribution in [-0.2, 0) is 16.1 Å². The molecule has 6 heteroatoms. The zero-order valence-corrected chi connectivity index (χ0v) is 11.4. The standard InChI is InChI=1S/C12H8Cl2O3S/c13-8-1-2-9(14)11(5-8)17-10-3-4-18-12(10)6-16-7-15/h1-5,7H,6H2. The van der Waals surface area contributed by atoms with E-state index < -0.39 is 0 Å². The van der Waals surface area contributed by atoms with Gasteiger partial charge in [-0.25, -0.2) is 0 Å². The molecule has 2 rings (SSSR count). The molecule has 0 saturated carbocycles. The summed E-state index contributed by atoms with van der Waals surface area (Å²) in [6, 6.07) is 6.76. The van der Waals surface area contributed by atoms with Gasteiger partial charge < -0.3 is 9.47 Å². The summed E-state index contributed by atoms with van der Waals surface area (Å²) in [5, 5.41) is 2.85. The molecule has 0 unspecified atom stereocenters. The molecule has 18 heavy (non-hydrogen) atoms. The van der Waals surface area contributed by atoms with Gasteiger partial charge in [-0.15, -0.1) is 11.3 Å². The zero-order chi connectivity index (χ0) is 13.0. The molecule has 0 fully saturated rings. The van der Waals surface area contributed by atoms with Crippen molar-refractivity contribution in [3.8, 4) is 11.5 Å². The Labute approximate surface area is 118 Å². The second kappa shape index (κ2) is 6.09. The van der Waals surface area contributed by atoms with Gasteiger partial charge in [0.15, 0.2) is 0 Å². The maximum Gasteiger partial charge on any atom is 0.293 e. The SMILES string of the molecule is O=COCc1sccc1Oc1cc(Cl)ccc1Cl. The smallest absolute Gasteiger partial charge is 0.293 e. The summed E-state index contributed by atoms with van der Waals surface area (Å²) in [6.07, 6.45) is 0. The van der Waals surface area contributed by atoms with Crippen molar-refractivity contribution in [2.75, 3.05) is 0 Å². The first-order chi connectivity index (χ1) is 8.70. The molecule has 1 heterocycles. The Hall–Kier alpha value is -1.23. The Balaban J connectivity index is 2.20. The first kappa shape index (κ1) is 13.2. The summed E-state index contributed by atoms with van der Waals surface area (Å²) < 4.78 is 10.4. The van der Waals surface area contributed by atoms with E-state index in [0.29, 0.717) is 28.0 Å². The lowest BCUT2D eigenvalue weighted by atomic mass is 10.3. The fourth-order valence-corrected chi connectivity index (χ4v) is 2.34. The molecule has 0 radical (unpaired) electrons. The third kappa shape index (κ3) is 3.16. The molecule has 0 aliphatic heterocycles. The lowest BCUT2D eigenvalue weighted by molar-refractivity contribution is -0.129. The number of hydrogen-bond acceptors (Lipinski definition) is 4. The number of rotatable bonds is 5. The van der Waals surface area contributed by atoms with Crippen LogP contribution < -0.4 is 4.74 Å². The highest BCUT2D eigenvalue weighted by Crippen LogP contribution is 2.35. The van der Waals surface area contributed by atoms with Crippen LogP contribution in [0, 0.1) is 0 Å². The van der Waals surface area contributed by atoms with E-state index in [2.05, 4.69) is 0 Å². The van der Waals surface area contributed by atoms with E-state index in [4.69, 9.17) is 32.7 Å². The molecule has 94 valence electrons. The van der Waals surface area contributed by atoms with Gasteiger partial charge in [-0.2, -0.15) is 0 Å². The summed E-state index contributed by atoms with van der Waals surface area (Å²) in [5.74, 6) is 1.07. The Morgan fingerprint density at radius 1 is 1.22 bits per heavy atom. The molecule has 0 bridgehead atoms. The van der Waals surface area contributed by atoms with Crippen LogP contribution in [0.5, 0.6) is 11.5 Å². The maximum atomic E-state index is 10.2. The number of benzene rings is 1. The highest BCUT2D eigenvalue weighted by Gasteiger charge is 2.10. The largest absolute Gasteiger partial charge is 0.462 e.